The SMILES string of the molecule is Cc1ccccc1OCCN1C(=O)NC(C)(c2ccccc2Cl)C1=O. The van der Waals surface area contributed by atoms with Gasteiger partial charge in [0.1, 0.15) is 17.9 Å². The molecule has 3 rings (SSSR count). The fraction of sp³-hybridized carbons (Fsp3) is 0.263. The Hall–Kier alpha value is -2.53. The van der Waals surface area contributed by atoms with E-state index in [1.165, 1.54) is 4.90 Å². The third-order valence-electron chi connectivity index (χ3n) is 4.35. The van der Waals surface area contributed by atoms with E-state index in [9.17, 15) is 9.59 Å². The third kappa shape index (κ3) is 3.20. The fourth-order valence-electron chi connectivity index (χ4n) is 2.91. The molecule has 6 heteroatoms. The van der Waals surface area contributed by atoms with E-state index in [0.29, 0.717) is 10.6 Å². The number of carbonyl (C=O) groups is 2. The first-order valence-corrected chi connectivity index (χ1v) is 8.39. The van der Waals surface area contributed by atoms with Crippen LogP contribution in [0.15, 0.2) is 48.5 Å². The summed E-state index contributed by atoms with van der Waals surface area (Å²) >= 11 is 6.21. The number of ether oxygens (including phenoxy) is 1. The number of halogens is 1. The molecule has 3 amide bonds. The summed E-state index contributed by atoms with van der Waals surface area (Å²) in [5, 5.41) is 3.19. The molecule has 0 radical (unpaired) electrons. The highest BCUT2D eigenvalue weighted by molar-refractivity contribution is 6.32. The number of nitrogens with zero attached hydrogens (tertiary/aromatic N) is 1. The molecule has 1 heterocycles. The lowest BCUT2D eigenvalue weighted by molar-refractivity contribution is -0.131. The Balaban J connectivity index is 1.72. The van der Waals surface area contributed by atoms with Gasteiger partial charge in [-0.2, -0.15) is 0 Å². The molecule has 1 N–H and O–H groups in total. The van der Waals surface area contributed by atoms with E-state index in [4.69, 9.17) is 16.3 Å². The molecule has 0 spiro atoms. The van der Waals surface area contributed by atoms with Crippen LogP contribution < -0.4 is 10.1 Å². The minimum Gasteiger partial charge on any atom is -0.491 e. The predicted molar refractivity (Wildman–Crippen MR) is 95.7 cm³/mol. The fourth-order valence-corrected chi connectivity index (χ4v) is 3.24. The molecule has 2 aromatic carbocycles. The van der Waals surface area contributed by atoms with Gasteiger partial charge in [-0.05, 0) is 31.5 Å². The average Bonchev–Trinajstić information content (AvgIpc) is 2.80. The Kier molecular flexibility index (Phi) is 4.68. The molecule has 1 aliphatic rings. The zero-order chi connectivity index (χ0) is 18.0. The van der Waals surface area contributed by atoms with Crippen LogP contribution in [-0.2, 0) is 10.3 Å². The maximum absolute atomic E-state index is 12.8. The molecule has 1 aliphatic heterocycles. The van der Waals surface area contributed by atoms with Gasteiger partial charge in [0, 0.05) is 10.6 Å². The van der Waals surface area contributed by atoms with Gasteiger partial charge in [0.2, 0.25) is 0 Å². The number of imide groups is 1. The molecule has 2 aromatic rings. The van der Waals surface area contributed by atoms with E-state index in [1.807, 2.05) is 31.2 Å². The second-order valence-corrected chi connectivity index (χ2v) is 6.51. The summed E-state index contributed by atoms with van der Waals surface area (Å²) in [6, 6.07) is 14.2. The number of hydrogen-bond acceptors (Lipinski definition) is 3. The number of aryl methyl sites for hydroxylation is 1. The molecule has 1 saturated heterocycles. The zero-order valence-corrected chi connectivity index (χ0v) is 14.8. The Morgan fingerprint density at radius 3 is 2.52 bits per heavy atom. The number of benzene rings is 2. The van der Waals surface area contributed by atoms with Crippen LogP contribution in [0.2, 0.25) is 5.02 Å². The quantitative estimate of drug-likeness (QED) is 0.832. The number of rotatable bonds is 5. The molecule has 130 valence electrons. The van der Waals surface area contributed by atoms with Crippen molar-refractivity contribution in [2.24, 2.45) is 0 Å². The highest BCUT2D eigenvalue weighted by Crippen LogP contribution is 2.33. The van der Waals surface area contributed by atoms with Gasteiger partial charge in [0.05, 0.1) is 6.54 Å². The topological polar surface area (TPSA) is 58.6 Å². The minimum absolute atomic E-state index is 0.166. The van der Waals surface area contributed by atoms with Crippen molar-refractivity contribution in [3.05, 3.63) is 64.7 Å². The van der Waals surface area contributed by atoms with Crippen LogP contribution in [0.5, 0.6) is 5.75 Å². The van der Waals surface area contributed by atoms with Crippen molar-refractivity contribution < 1.29 is 14.3 Å². The van der Waals surface area contributed by atoms with Crippen LogP contribution in [0.4, 0.5) is 4.79 Å². The minimum atomic E-state index is -1.17. The smallest absolute Gasteiger partial charge is 0.325 e. The van der Waals surface area contributed by atoms with Gasteiger partial charge in [-0.1, -0.05) is 48.0 Å². The van der Waals surface area contributed by atoms with Crippen LogP contribution in [-0.4, -0.2) is 30.0 Å². The first kappa shape index (κ1) is 17.3. The molecular formula is C19H19ClN2O3. The van der Waals surface area contributed by atoms with E-state index in [2.05, 4.69) is 5.32 Å². The van der Waals surface area contributed by atoms with Crippen molar-refractivity contribution in [1.29, 1.82) is 0 Å². The number of urea groups is 1. The molecule has 1 atom stereocenters. The van der Waals surface area contributed by atoms with Gasteiger partial charge in [-0.3, -0.25) is 9.69 Å². The highest BCUT2D eigenvalue weighted by atomic mass is 35.5. The summed E-state index contributed by atoms with van der Waals surface area (Å²) in [4.78, 5) is 26.3. The van der Waals surface area contributed by atoms with Crippen molar-refractivity contribution >= 4 is 23.5 Å². The second-order valence-electron chi connectivity index (χ2n) is 6.11. The summed E-state index contributed by atoms with van der Waals surface area (Å²) in [6.45, 7) is 4.00. The summed E-state index contributed by atoms with van der Waals surface area (Å²) in [7, 11) is 0. The van der Waals surface area contributed by atoms with Crippen molar-refractivity contribution in [3.63, 3.8) is 0 Å². The normalized spacial score (nSPS) is 19.9. The van der Waals surface area contributed by atoms with Crippen LogP contribution in [0.1, 0.15) is 18.1 Å². The monoisotopic (exact) mass is 358 g/mol. The number of hydrogen-bond donors (Lipinski definition) is 1. The third-order valence-corrected chi connectivity index (χ3v) is 4.68. The molecule has 0 aromatic heterocycles. The molecule has 25 heavy (non-hydrogen) atoms. The van der Waals surface area contributed by atoms with Gasteiger partial charge in [0.15, 0.2) is 0 Å². The Morgan fingerprint density at radius 1 is 1.12 bits per heavy atom. The first-order chi connectivity index (χ1) is 11.9. The summed E-state index contributed by atoms with van der Waals surface area (Å²) < 4.78 is 5.69. The maximum Gasteiger partial charge on any atom is 0.325 e. The molecule has 0 aliphatic carbocycles. The van der Waals surface area contributed by atoms with Crippen LogP contribution >= 0.6 is 11.6 Å². The van der Waals surface area contributed by atoms with Crippen molar-refractivity contribution in [2.45, 2.75) is 19.4 Å². The highest BCUT2D eigenvalue weighted by Gasteiger charge is 2.49. The van der Waals surface area contributed by atoms with Gasteiger partial charge in [-0.25, -0.2) is 4.79 Å². The molecule has 1 unspecified atom stereocenters. The van der Waals surface area contributed by atoms with Gasteiger partial charge in [-0.15, -0.1) is 0 Å². The first-order valence-electron chi connectivity index (χ1n) is 8.01. The molecular weight excluding hydrogens is 340 g/mol. The van der Waals surface area contributed by atoms with E-state index >= 15 is 0 Å². The lowest BCUT2D eigenvalue weighted by atomic mass is 9.92. The number of carbonyl (C=O) groups excluding carboxylic acids is 2. The van der Waals surface area contributed by atoms with Gasteiger partial charge in [0.25, 0.3) is 5.91 Å². The summed E-state index contributed by atoms with van der Waals surface area (Å²) in [6.07, 6.45) is 0. The zero-order valence-electron chi connectivity index (χ0n) is 14.1. The number of nitrogens with one attached hydrogen (secondary N) is 1. The lowest BCUT2D eigenvalue weighted by Crippen LogP contribution is -2.41. The maximum atomic E-state index is 12.8. The van der Waals surface area contributed by atoms with Crippen LogP contribution in [0.25, 0.3) is 0 Å². The average molecular weight is 359 g/mol. The Bertz CT molecular complexity index is 824. The Labute approximate surface area is 151 Å². The summed E-state index contributed by atoms with van der Waals surface area (Å²) in [5.41, 5.74) is 0.413. The molecule has 5 nitrogen and oxygen atoms in total. The van der Waals surface area contributed by atoms with E-state index in [1.54, 1.807) is 31.2 Å². The number of amides is 3. The van der Waals surface area contributed by atoms with Crippen LogP contribution in [0.3, 0.4) is 0 Å². The van der Waals surface area contributed by atoms with Crippen LogP contribution in [0, 0.1) is 6.92 Å². The van der Waals surface area contributed by atoms with E-state index in [0.717, 1.165) is 11.3 Å². The molecule has 1 fully saturated rings. The lowest BCUT2D eigenvalue weighted by Gasteiger charge is -2.23. The molecule has 0 bridgehead atoms. The molecule has 0 saturated carbocycles. The summed E-state index contributed by atoms with van der Waals surface area (Å²) in [5.74, 6) is 0.405. The second kappa shape index (κ2) is 6.76. The van der Waals surface area contributed by atoms with Crippen molar-refractivity contribution in [3.8, 4) is 5.75 Å². The van der Waals surface area contributed by atoms with Crippen molar-refractivity contribution in [1.82, 2.24) is 10.2 Å². The van der Waals surface area contributed by atoms with Gasteiger partial charge >= 0.3 is 6.03 Å². The Morgan fingerprint density at radius 2 is 1.80 bits per heavy atom. The van der Waals surface area contributed by atoms with E-state index < -0.39 is 11.6 Å². The van der Waals surface area contributed by atoms with Crippen molar-refractivity contribution in [2.75, 3.05) is 13.2 Å². The standard InChI is InChI=1S/C19H19ClN2O3/c1-13-7-3-6-10-16(13)25-12-11-22-17(23)19(2,21-18(22)24)14-8-4-5-9-15(14)20/h3-10H,11-12H2,1-2H3,(H,21,24). The van der Waals surface area contributed by atoms with Gasteiger partial charge < -0.3 is 10.1 Å². The predicted octanol–water partition coefficient (Wildman–Crippen LogP) is 3.49. The largest absolute Gasteiger partial charge is 0.491 e. The number of para-hydroxylation sites is 1. The van der Waals surface area contributed by atoms with E-state index in [-0.39, 0.29) is 19.1 Å².